The van der Waals surface area contributed by atoms with Gasteiger partial charge in [-0.1, -0.05) is 18.6 Å². The van der Waals surface area contributed by atoms with Crippen LogP contribution in [-0.4, -0.2) is 33.9 Å². The number of aliphatic imine (C=N–C) groups is 1. The first-order valence-corrected chi connectivity index (χ1v) is 9.63. The zero-order valence-electron chi connectivity index (χ0n) is 15.9. The minimum atomic E-state index is -1.56. The molecule has 0 unspecified atom stereocenters. The van der Waals surface area contributed by atoms with Gasteiger partial charge in [0.15, 0.2) is 5.60 Å². The lowest BCUT2D eigenvalue weighted by molar-refractivity contribution is 0.0602. The molecule has 0 saturated carbocycles. The molecule has 2 aliphatic heterocycles. The molecule has 1 N–H and O–H groups in total. The van der Waals surface area contributed by atoms with Crippen LogP contribution in [0.4, 0.5) is 11.4 Å². The van der Waals surface area contributed by atoms with Gasteiger partial charge in [-0.3, -0.25) is 9.78 Å². The van der Waals surface area contributed by atoms with E-state index in [4.69, 9.17) is 4.99 Å². The molecule has 0 amide bonds. The summed E-state index contributed by atoms with van der Waals surface area (Å²) in [7, 11) is 0. The van der Waals surface area contributed by atoms with E-state index in [0.717, 1.165) is 28.6 Å². The van der Waals surface area contributed by atoms with E-state index in [9.17, 15) is 9.90 Å². The normalized spacial score (nSPS) is 20.9. The maximum absolute atomic E-state index is 13.1. The van der Waals surface area contributed by atoms with Crippen molar-refractivity contribution in [2.24, 2.45) is 4.99 Å². The van der Waals surface area contributed by atoms with Gasteiger partial charge < -0.3 is 10.0 Å². The summed E-state index contributed by atoms with van der Waals surface area (Å²) >= 11 is 0. The summed E-state index contributed by atoms with van der Waals surface area (Å²) in [5.41, 5.74) is 3.58. The number of anilines is 1. The molecule has 0 radical (unpaired) electrons. The van der Waals surface area contributed by atoms with Gasteiger partial charge in [0.25, 0.3) is 0 Å². The van der Waals surface area contributed by atoms with Crippen LogP contribution in [-0.2, 0) is 6.42 Å². The Morgan fingerprint density at radius 1 is 1.18 bits per heavy atom. The van der Waals surface area contributed by atoms with E-state index < -0.39 is 5.60 Å². The Morgan fingerprint density at radius 2 is 2.04 bits per heavy atom. The number of carbonyl (C=O) groups excluding carboxylic acids is 1. The van der Waals surface area contributed by atoms with E-state index in [2.05, 4.69) is 24.0 Å². The Balaban J connectivity index is 1.63. The highest BCUT2D eigenvalue weighted by Crippen LogP contribution is 2.40. The Hall–Kier alpha value is -3.05. The largest absolute Gasteiger partial charge is 0.374 e. The van der Waals surface area contributed by atoms with Crippen LogP contribution in [0.2, 0.25) is 0 Å². The number of pyridine rings is 1. The number of hydrogen-bond acceptors (Lipinski definition) is 5. The third kappa shape index (κ3) is 2.39. The van der Waals surface area contributed by atoms with Gasteiger partial charge in [0.1, 0.15) is 5.84 Å². The second-order valence-electron chi connectivity index (χ2n) is 7.62. The molecule has 1 atom stereocenters. The fraction of sp³-hybridized carbons (Fsp3) is 0.261. The second-order valence-corrected chi connectivity index (χ2v) is 7.62. The van der Waals surface area contributed by atoms with Gasteiger partial charge in [-0.05, 0) is 55.3 Å². The smallest absolute Gasteiger partial charge is 0.204 e. The van der Waals surface area contributed by atoms with Gasteiger partial charge in [-0.2, -0.15) is 0 Å². The molecule has 5 heteroatoms. The van der Waals surface area contributed by atoms with Crippen molar-refractivity contribution in [3.63, 3.8) is 0 Å². The average Bonchev–Trinajstić information content (AvgIpc) is 3.05. The molecule has 5 rings (SSSR count). The Bertz CT molecular complexity index is 1170. The summed E-state index contributed by atoms with van der Waals surface area (Å²) in [4.78, 5) is 24.2. The number of rotatable bonds is 2. The lowest BCUT2D eigenvalue weighted by Crippen LogP contribution is -2.48. The van der Waals surface area contributed by atoms with Crippen molar-refractivity contribution in [1.82, 2.24) is 4.98 Å². The molecule has 1 aromatic heterocycles. The fourth-order valence-corrected chi connectivity index (χ4v) is 4.13. The third-order valence-corrected chi connectivity index (χ3v) is 5.76. The molecule has 3 heterocycles. The van der Waals surface area contributed by atoms with Crippen molar-refractivity contribution in [2.45, 2.75) is 32.3 Å². The molecule has 2 aromatic carbocycles. The van der Waals surface area contributed by atoms with Crippen LogP contribution in [0.3, 0.4) is 0 Å². The van der Waals surface area contributed by atoms with Crippen molar-refractivity contribution in [3.8, 4) is 0 Å². The minimum Gasteiger partial charge on any atom is -0.374 e. The predicted molar refractivity (Wildman–Crippen MR) is 111 cm³/mol. The summed E-state index contributed by atoms with van der Waals surface area (Å²) in [6, 6.07) is 13.8. The van der Waals surface area contributed by atoms with Crippen LogP contribution in [0, 0.1) is 6.92 Å². The molecule has 1 saturated heterocycles. The number of fused-ring (bicyclic) bond motifs is 3. The Kier molecular flexibility index (Phi) is 3.64. The summed E-state index contributed by atoms with van der Waals surface area (Å²) in [6.07, 6.45) is 3.16. The highest BCUT2D eigenvalue weighted by Gasteiger charge is 2.52. The Labute approximate surface area is 163 Å². The first-order chi connectivity index (χ1) is 13.5. The number of nitrogens with zero attached hydrogens (tertiary/aromatic N) is 3. The molecular weight excluding hydrogens is 350 g/mol. The fourth-order valence-electron chi connectivity index (χ4n) is 4.13. The second kappa shape index (κ2) is 5.97. The van der Waals surface area contributed by atoms with Gasteiger partial charge in [0.05, 0.1) is 11.2 Å². The lowest BCUT2D eigenvalue weighted by atomic mass is 9.87. The number of amidine groups is 1. The van der Waals surface area contributed by atoms with Crippen molar-refractivity contribution in [1.29, 1.82) is 0 Å². The molecule has 0 aliphatic carbocycles. The number of ketones is 1. The first-order valence-electron chi connectivity index (χ1n) is 9.63. The maximum atomic E-state index is 13.1. The summed E-state index contributed by atoms with van der Waals surface area (Å²) < 4.78 is 0. The highest BCUT2D eigenvalue weighted by atomic mass is 16.3. The van der Waals surface area contributed by atoms with Crippen molar-refractivity contribution < 1.29 is 9.90 Å². The van der Waals surface area contributed by atoms with Crippen molar-refractivity contribution in [2.75, 3.05) is 11.4 Å². The number of carbonyl (C=O) groups is 1. The molecule has 1 fully saturated rings. The van der Waals surface area contributed by atoms with E-state index >= 15 is 0 Å². The van der Waals surface area contributed by atoms with Gasteiger partial charge in [0.2, 0.25) is 5.78 Å². The van der Waals surface area contributed by atoms with Crippen LogP contribution in [0.15, 0.2) is 53.7 Å². The zero-order valence-corrected chi connectivity index (χ0v) is 15.9. The van der Waals surface area contributed by atoms with Crippen molar-refractivity contribution >= 4 is 33.9 Å². The van der Waals surface area contributed by atoms with Crippen LogP contribution in [0.5, 0.6) is 0 Å². The van der Waals surface area contributed by atoms with E-state index in [1.165, 1.54) is 5.56 Å². The monoisotopic (exact) mass is 371 g/mol. The third-order valence-electron chi connectivity index (χ3n) is 5.76. The van der Waals surface area contributed by atoms with E-state index in [0.29, 0.717) is 30.1 Å². The minimum absolute atomic E-state index is 0.255. The van der Waals surface area contributed by atoms with E-state index in [1.54, 1.807) is 0 Å². The summed E-state index contributed by atoms with van der Waals surface area (Å²) in [5.74, 6) is 0.169. The van der Waals surface area contributed by atoms with Crippen LogP contribution in [0.1, 0.15) is 34.8 Å². The molecule has 2 aliphatic rings. The maximum Gasteiger partial charge on any atom is 0.204 e. The van der Waals surface area contributed by atoms with Gasteiger partial charge in [0, 0.05) is 35.8 Å². The number of Topliss-reactive ketones (excluding diaryl/α,β-unsaturated/α-hetero) is 1. The molecule has 3 aromatic rings. The van der Waals surface area contributed by atoms with Crippen LogP contribution >= 0.6 is 0 Å². The number of aliphatic hydroxyl groups is 1. The highest BCUT2D eigenvalue weighted by molar-refractivity contribution is 6.28. The van der Waals surface area contributed by atoms with Gasteiger partial charge in [-0.25, -0.2) is 4.99 Å². The van der Waals surface area contributed by atoms with Crippen LogP contribution in [0.25, 0.3) is 10.9 Å². The molecule has 5 nitrogen and oxygen atoms in total. The first kappa shape index (κ1) is 17.1. The summed E-state index contributed by atoms with van der Waals surface area (Å²) in [5, 5.41) is 12.3. The lowest BCUT2D eigenvalue weighted by Gasteiger charge is -2.30. The van der Waals surface area contributed by atoms with Crippen LogP contribution < -0.4 is 4.90 Å². The molecule has 140 valence electrons. The average molecular weight is 371 g/mol. The number of aryl methyl sites for hydroxylation is 2. The molecule has 0 spiro atoms. The zero-order chi connectivity index (χ0) is 19.5. The van der Waals surface area contributed by atoms with Crippen molar-refractivity contribution in [3.05, 3.63) is 65.4 Å². The summed E-state index contributed by atoms with van der Waals surface area (Å²) in [6.45, 7) is 4.58. The Morgan fingerprint density at radius 3 is 2.86 bits per heavy atom. The van der Waals surface area contributed by atoms with E-state index in [-0.39, 0.29) is 5.78 Å². The molecular formula is C23H21N3O2. The predicted octanol–water partition coefficient (Wildman–Crippen LogP) is 3.97. The number of aromatic nitrogens is 1. The topological polar surface area (TPSA) is 65.8 Å². The number of hydrogen-bond donors (Lipinski definition) is 1. The van der Waals surface area contributed by atoms with Gasteiger partial charge >= 0.3 is 0 Å². The van der Waals surface area contributed by atoms with Gasteiger partial charge in [-0.15, -0.1) is 0 Å². The molecule has 28 heavy (non-hydrogen) atoms. The number of benzene rings is 2. The quantitative estimate of drug-likeness (QED) is 0.740. The SMILES string of the molecule is CCc1cnc2ccc(N3CC[C@@]4(O)C(=O)c5cc(C)ccc5N=C34)cc2c1. The molecule has 0 bridgehead atoms. The standard InChI is InChI=1S/C23H21N3O2/c1-3-15-11-16-12-17(5-7-19(16)24-13-15)26-9-8-23(28)21(27)18-10-14(2)4-6-20(18)25-22(23)26/h4-7,10-13,28H,3,8-9H2,1-2H3/t23-/m1/s1. The van der Waals surface area contributed by atoms with E-state index in [1.807, 2.05) is 48.4 Å².